The van der Waals surface area contributed by atoms with E-state index in [1.165, 1.54) is 0 Å². The second-order valence-electron chi connectivity index (χ2n) is 4.91. The SMILES string of the molecule is CCCCC(NC(N)=O)c1nc(Cc2ccccc2)no1. The Bertz CT molecular complexity index is 568. The molecule has 3 N–H and O–H groups in total. The van der Waals surface area contributed by atoms with Gasteiger partial charge in [-0.2, -0.15) is 4.98 Å². The van der Waals surface area contributed by atoms with Gasteiger partial charge in [0, 0.05) is 6.42 Å². The van der Waals surface area contributed by atoms with Crippen LogP contribution in [0.2, 0.25) is 0 Å². The van der Waals surface area contributed by atoms with E-state index in [1.54, 1.807) is 0 Å². The van der Waals surface area contributed by atoms with Gasteiger partial charge in [-0.05, 0) is 12.0 Å². The van der Waals surface area contributed by atoms with Crippen LogP contribution in [0.4, 0.5) is 4.79 Å². The molecule has 1 atom stereocenters. The number of unbranched alkanes of at least 4 members (excludes halogenated alkanes) is 1. The van der Waals surface area contributed by atoms with E-state index in [1.807, 2.05) is 30.3 Å². The van der Waals surface area contributed by atoms with Crippen LogP contribution >= 0.6 is 0 Å². The Labute approximate surface area is 123 Å². The maximum absolute atomic E-state index is 11.1. The number of aromatic nitrogens is 2. The molecule has 0 bridgehead atoms. The van der Waals surface area contributed by atoms with E-state index in [4.69, 9.17) is 10.3 Å². The normalized spacial score (nSPS) is 12.0. The van der Waals surface area contributed by atoms with Gasteiger partial charge in [-0.25, -0.2) is 4.79 Å². The molecule has 2 rings (SSSR count). The van der Waals surface area contributed by atoms with Gasteiger partial charge in [0.05, 0.1) is 0 Å². The zero-order valence-electron chi connectivity index (χ0n) is 12.1. The Morgan fingerprint density at radius 1 is 1.38 bits per heavy atom. The second-order valence-corrected chi connectivity index (χ2v) is 4.91. The van der Waals surface area contributed by atoms with E-state index in [-0.39, 0.29) is 6.04 Å². The summed E-state index contributed by atoms with van der Waals surface area (Å²) in [5.41, 5.74) is 6.30. The van der Waals surface area contributed by atoms with Gasteiger partial charge in [0.1, 0.15) is 6.04 Å². The van der Waals surface area contributed by atoms with E-state index >= 15 is 0 Å². The predicted octanol–water partition coefficient (Wildman–Crippen LogP) is 2.56. The van der Waals surface area contributed by atoms with E-state index in [9.17, 15) is 4.79 Å². The number of hydrogen-bond donors (Lipinski definition) is 2. The van der Waals surface area contributed by atoms with Crippen LogP contribution in [-0.2, 0) is 6.42 Å². The second kappa shape index (κ2) is 7.42. The Morgan fingerprint density at radius 2 is 2.14 bits per heavy atom. The molecule has 2 amide bonds. The summed E-state index contributed by atoms with van der Waals surface area (Å²) in [7, 11) is 0. The smallest absolute Gasteiger partial charge is 0.312 e. The molecule has 2 aromatic rings. The predicted molar refractivity (Wildman–Crippen MR) is 78.5 cm³/mol. The monoisotopic (exact) mass is 288 g/mol. The summed E-state index contributed by atoms with van der Waals surface area (Å²) in [6.07, 6.45) is 3.29. The standard InChI is InChI=1S/C15H20N4O2/c1-2-3-9-12(17-15(16)20)14-18-13(19-21-14)10-11-7-5-4-6-8-11/h4-8,12H,2-3,9-10H2,1H3,(H3,16,17,20). The van der Waals surface area contributed by atoms with Crippen LogP contribution in [0.5, 0.6) is 0 Å². The van der Waals surface area contributed by atoms with Crippen LogP contribution < -0.4 is 11.1 Å². The molecule has 6 heteroatoms. The van der Waals surface area contributed by atoms with Gasteiger partial charge in [-0.3, -0.25) is 0 Å². The van der Waals surface area contributed by atoms with E-state index in [0.717, 1.165) is 24.8 Å². The van der Waals surface area contributed by atoms with Crippen molar-refractivity contribution in [3.8, 4) is 0 Å². The molecule has 0 aliphatic heterocycles. The Balaban J connectivity index is 2.06. The Kier molecular flexibility index (Phi) is 5.31. The van der Waals surface area contributed by atoms with E-state index in [0.29, 0.717) is 18.1 Å². The lowest BCUT2D eigenvalue weighted by Crippen LogP contribution is -2.33. The number of carbonyl (C=O) groups is 1. The highest BCUT2D eigenvalue weighted by molar-refractivity contribution is 5.72. The zero-order chi connectivity index (χ0) is 15.1. The van der Waals surface area contributed by atoms with Crippen molar-refractivity contribution in [1.82, 2.24) is 15.5 Å². The first-order chi connectivity index (χ1) is 10.2. The number of carbonyl (C=O) groups excluding carboxylic acids is 1. The van der Waals surface area contributed by atoms with Crippen LogP contribution in [-0.4, -0.2) is 16.2 Å². The fourth-order valence-corrected chi connectivity index (χ4v) is 2.10. The average molecular weight is 288 g/mol. The molecule has 21 heavy (non-hydrogen) atoms. The molecule has 0 spiro atoms. The number of nitrogens with zero attached hydrogens (tertiary/aromatic N) is 2. The fraction of sp³-hybridized carbons (Fsp3) is 0.400. The van der Waals surface area contributed by atoms with Crippen molar-refractivity contribution in [2.75, 3.05) is 0 Å². The minimum Gasteiger partial charge on any atom is -0.352 e. The van der Waals surface area contributed by atoms with Crippen molar-refractivity contribution in [2.24, 2.45) is 5.73 Å². The first kappa shape index (κ1) is 15.0. The minimum absolute atomic E-state index is 0.320. The summed E-state index contributed by atoms with van der Waals surface area (Å²) >= 11 is 0. The van der Waals surface area contributed by atoms with E-state index in [2.05, 4.69) is 22.4 Å². The van der Waals surface area contributed by atoms with Crippen LogP contribution in [0.1, 0.15) is 49.5 Å². The highest BCUT2D eigenvalue weighted by Gasteiger charge is 2.19. The van der Waals surface area contributed by atoms with Gasteiger partial charge >= 0.3 is 6.03 Å². The van der Waals surface area contributed by atoms with Crippen molar-refractivity contribution >= 4 is 6.03 Å². The number of primary amides is 1. The molecule has 0 saturated carbocycles. The molecule has 1 aromatic heterocycles. The van der Waals surface area contributed by atoms with Gasteiger partial charge in [0.2, 0.25) is 5.89 Å². The maximum Gasteiger partial charge on any atom is 0.312 e. The minimum atomic E-state index is -0.584. The third kappa shape index (κ3) is 4.59. The number of urea groups is 1. The fourth-order valence-electron chi connectivity index (χ4n) is 2.10. The highest BCUT2D eigenvalue weighted by atomic mass is 16.5. The molecule has 1 unspecified atom stereocenters. The lowest BCUT2D eigenvalue weighted by Gasteiger charge is -2.12. The van der Waals surface area contributed by atoms with Gasteiger partial charge in [0.25, 0.3) is 0 Å². The summed E-state index contributed by atoms with van der Waals surface area (Å²) in [5.74, 6) is 1.01. The van der Waals surface area contributed by atoms with Crippen molar-refractivity contribution in [3.63, 3.8) is 0 Å². The van der Waals surface area contributed by atoms with Gasteiger partial charge < -0.3 is 15.6 Å². The lowest BCUT2D eigenvalue weighted by atomic mass is 10.1. The van der Waals surface area contributed by atoms with Crippen LogP contribution in [0.3, 0.4) is 0 Å². The molecule has 0 fully saturated rings. The molecule has 0 saturated heterocycles. The molecular weight excluding hydrogens is 268 g/mol. The Morgan fingerprint density at radius 3 is 2.81 bits per heavy atom. The number of nitrogens with one attached hydrogen (secondary N) is 1. The number of nitrogens with two attached hydrogens (primary N) is 1. The molecule has 1 heterocycles. The first-order valence-electron chi connectivity index (χ1n) is 7.11. The summed E-state index contributed by atoms with van der Waals surface area (Å²) in [4.78, 5) is 15.4. The average Bonchev–Trinajstić information content (AvgIpc) is 2.92. The number of rotatable bonds is 7. The molecule has 1 aromatic carbocycles. The third-order valence-corrected chi connectivity index (χ3v) is 3.15. The molecule has 0 aliphatic rings. The van der Waals surface area contributed by atoms with Crippen LogP contribution in [0, 0.1) is 0 Å². The molecule has 0 radical (unpaired) electrons. The molecule has 112 valence electrons. The maximum atomic E-state index is 11.1. The summed E-state index contributed by atoms with van der Waals surface area (Å²) < 4.78 is 5.27. The lowest BCUT2D eigenvalue weighted by molar-refractivity contribution is 0.238. The van der Waals surface area contributed by atoms with Crippen molar-refractivity contribution in [1.29, 1.82) is 0 Å². The zero-order valence-corrected chi connectivity index (χ0v) is 12.1. The molecule has 0 aliphatic carbocycles. The quantitative estimate of drug-likeness (QED) is 0.818. The van der Waals surface area contributed by atoms with Gasteiger partial charge in [-0.15, -0.1) is 0 Å². The summed E-state index contributed by atoms with van der Waals surface area (Å²) in [6, 6.07) is 9.00. The third-order valence-electron chi connectivity index (χ3n) is 3.15. The summed E-state index contributed by atoms with van der Waals surface area (Å²) in [6.45, 7) is 2.08. The van der Waals surface area contributed by atoms with E-state index < -0.39 is 6.03 Å². The van der Waals surface area contributed by atoms with Crippen LogP contribution in [0.15, 0.2) is 34.9 Å². The topological polar surface area (TPSA) is 94.0 Å². The summed E-state index contributed by atoms with van der Waals surface area (Å²) in [5, 5.41) is 6.62. The van der Waals surface area contributed by atoms with Crippen LogP contribution in [0.25, 0.3) is 0 Å². The Hall–Kier alpha value is -2.37. The van der Waals surface area contributed by atoms with Crippen molar-refractivity contribution in [2.45, 2.75) is 38.6 Å². The first-order valence-corrected chi connectivity index (χ1v) is 7.11. The van der Waals surface area contributed by atoms with Crippen molar-refractivity contribution < 1.29 is 9.32 Å². The highest BCUT2D eigenvalue weighted by Crippen LogP contribution is 2.18. The number of benzene rings is 1. The van der Waals surface area contributed by atoms with Gasteiger partial charge in [-0.1, -0.05) is 55.3 Å². The van der Waals surface area contributed by atoms with Gasteiger partial charge in [0.15, 0.2) is 5.82 Å². The molecular formula is C15H20N4O2. The largest absolute Gasteiger partial charge is 0.352 e. The number of amides is 2. The van der Waals surface area contributed by atoms with Crippen molar-refractivity contribution in [3.05, 3.63) is 47.6 Å². The molecule has 6 nitrogen and oxygen atoms in total. The number of hydrogen-bond acceptors (Lipinski definition) is 4.